The second-order valence-electron chi connectivity index (χ2n) is 4.11. The summed E-state index contributed by atoms with van der Waals surface area (Å²) in [6, 6.07) is 12.3. The number of anilines is 1. The number of aliphatic hydroxyl groups is 1. The third-order valence-electron chi connectivity index (χ3n) is 2.66. The van der Waals surface area contributed by atoms with E-state index in [4.69, 9.17) is 5.73 Å². The zero-order valence-corrected chi connectivity index (χ0v) is 10.3. The van der Waals surface area contributed by atoms with Gasteiger partial charge >= 0.3 is 0 Å². The average Bonchev–Trinajstić information content (AvgIpc) is 2.46. The number of hydrogen-bond donors (Lipinski definition) is 3. The molecule has 0 fully saturated rings. The average molecular weight is 257 g/mol. The highest BCUT2D eigenvalue weighted by molar-refractivity contribution is 5.92. The van der Waals surface area contributed by atoms with Gasteiger partial charge in [0, 0.05) is 6.54 Å². The van der Waals surface area contributed by atoms with E-state index in [0.717, 1.165) is 5.56 Å². The molecule has 0 radical (unpaired) electrons. The van der Waals surface area contributed by atoms with E-state index in [-0.39, 0.29) is 18.1 Å². The number of nitrogen functional groups attached to an aromatic ring is 1. The van der Waals surface area contributed by atoms with Crippen LogP contribution in [0.1, 0.15) is 22.2 Å². The van der Waals surface area contributed by atoms with Crippen molar-refractivity contribution in [1.82, 2.24) is 10.3 Å². The fourth-order valence-electron chi connectivity index (χ4n) is 1.61. The number of nitrogens with zero attached hydrogens (tertiary/aromatic N) is 1. The Labute approximate surface area is 111 Å². The summed E-state index contributed by atoms with van der Waals surface area (Å²) in [6.45, 7) is 0.134. The van der Waals surface area contributed by atoms with E-state index in [1.54, 1.807) is 24.3 Å². The lowest BCUT2D eigenvalue weighted by molar-refractivity contribution is 0.0911. The zero-order chi connectivity index (χ0) is 13.7. The maximum atomic E-state index is 11.8. The Balaban J connectivity index is 1.92. The van der Waals surface area contributed by atoms with Crippen LogP contribution in [-0.4, -0.2) is 22.5 Å². The lowest BCUT2D eigenvalue weighted by Gasteiger charge is -2.11. The largest absolute Gasteiger partial charge is 0.397 e. The van der Waals surface area contributed by atoms with Gasteiger partial charge in [0.05, 0.1) is 18.0 Å². The first-order chi connectivity index (χ1) is 9.16. The Hall–Kier alpha value is -2.40. The summed E-state index contributed by atoms with van der Waals surface area (Å²) in [4.78, 5) is 15.7. The molecule has 0 aliphatic carbocycles. The van der Waals surface area contributed by atoms with Crippen LogP contribution in [0.2, 0.25) is 0 Å². The summed E-state index contributed by atoms with van der Waals surface area (Å²) in [5, 5.41) is 12.5. The van der Waals surface area contributed by atoms with Gasteiger partial charge in [0.25, 0.3) is 5.91 Å². The van der Waals surface area contributed by atoms with Crippen LogP contribution in [0.25, 0.3) is 0 Å². The topological polar surface area (TPSA) is 88.2 Å². The molecule has 19 heavy (non-hydrogen) atoms. The van der Waals surface area contributed by atoms with Gasteiger partial charge in [0.15, 0.2) is 0 Å². The molecule has 0 bridgehead atoms. The third kappa shape index (κ3) is 3.53. The summed E-state index contributed by atoms with van der Waals surface area (Å²) in [5.41, 5.74) is 7.02. The van der Waals surface area contributed by atoms with Crippen LogP contribution in [0.3, 0.4) is 0 Å². The molecule has 1 aromatic heterocycles. The molecule has 0 aliphatic rings. The molecule has 1 aromatic carbocycles. The summed E-state index contributed by atoms with van der Waals surface area (Å²) in [6.07, 6.45) is 0.682. The lowest BCUT2D eigenvalue weighted by atomic mass is 10.1. The molecule has 1 atom stereocenters. The minimum absolute atomic E-state index is 0.134. The SMILES string of the molecule is Nc1ccc(C(=O)NCC(O)c2ccccc2)nc1. The summed E-state index contributed by atoms with van der Waals surface area (Å²) >= 11 is 0. The van der Waals surface area contributed by atoms with Crippen LogP contribution in [0.5, 0.6) is 0 Å². The predicted molar refractivity (Wildman–Crippen MR) is 72.4 cm³/mol. The number of amides is 1. The van der Waals surface area contributed by atoms with Crippen molar-refractivity contribution in [3.63, 3.8) is 0 Å². The number of rotatable bonds is 4. The van der Waals surface area contributed by atoms with Gasteiger partial charge in [-0.1, -0.05) is 30.3 Å². The fraction of sp³-hybridized carbons (Fsp3) is 0.143. The molecule has 1 amide bonds. The van der Waals surface area contributed by atoms with Gasteiger partial charge in [-0.2, -0.15) is 0 Å². The zero-order valence-electron chi connectivity index (χ0n) is 10.3. The van der Waals surface area contributed by atoms with Crippen molar-refractivity contribution >= 4 is 11.6 Å². The number of hydrogen-bond acceptors (Lipinski definition) is 4. The Morgan fingerprint density at radius 3 is 2.63 bits per heavy atom. The number of pyridine rings is 1. The lowest BCUT2D eigenvalue weighted by Crippen LogP contribution is -2.29. The maximum absolute atomic E-state index is 11.8. The van der Waals surface area contributed by atoms with Gasteiger partial charge in [0.1, 0.15) is 5.69 Å². The molecular weight excluding hydrogens is 242 g/mol. The van der Waals surface area contributed by atoms with Crippen LogP contribution in [0.4, 0.5) is 5.69 Å². The second kappa shape index (κ2) is 5.97. The molecule has 5 heteroatoms. The molecule has 5 nitrogen and oxygen atoms in total. The van der Waals surface area contributed by atoms with Crippen molar-refractivity contribution in [2.45, 2.75) is 6.10 Å². The van der Waals surface area contributed by atoms with Crippen LogP contribution < -0.4 is 11.1 Å². The number of carbonyl (C=O) groups is 1. The number of nitrogens with two attached hydrogens (primary N) is 1. The maximum Gasteiger partial charge on any atom is 0.269 e. The number of benzene rings is 1. The quantitative estimate of drug-likeness (QED) is 0.766. The Morgan fingerprint density at radius 1 is 1.26 bits per heavy atom. The van der Waals surface area contributed by atoms with Gasteiger partial charge in [-0.15, -0.1) is 0 Å². The van der Waals surface area contributed by atoms with Gasteiger partial charge in [-0.3, -0.25) is 4.79 Å². The molecule has 0 spiro atoms. The van der Waals surface area contributed by atoms with Crippen LogP contribution in [0.15, 0.2) is 48.7 Å². The molecule has 2 rings (SSSR count). The van der Waals surface area contributed by atoms with Crippen molar-refractivity contribution in [3.05, 3.63) is 59.9 Å². The Bertz CT molecular complexity index is 540. The first kappa shape index (κ1) is 13.0. The van der Waals surface area contributed by atoms with Crippen LogP contribution in [0, 0.1) is 0 Å². The standard InChI is InChI=1S/C14H15N3O2/c15-11-6-7-12(16-8-11)14(19)17-9-13(18)10-4-2-1-3-5-10/h1-8,13,18H,9,15H2,(H,17,19). The molecule has 98 valence electrons. The molecular formula is C14H15N3O2. The van der Waals surface area contributed by atoms with Crippen LogP contribution >= 0.6 is 0 Å². The van der Waals surface area contributed by atoms with E-state index in [9.17, 15) is 9.90 Å². The van der Waals surface area contributed by atoms with E-state index in [1.807, 2.05) is 18.2 Å². The smallest absolute Gasteiger partial charge is 0.269 e. The van der Waals surface area contributed by atoms with Crippen molar-refractivity contribution in [1.29, 1.82) is 0 Å². The van der Waals surface area contributed by atoms with Crippen molar-refractivity contribution in [3.8, 4) is 0 Å². The van der Waals surface area contributed by atoms with Gasteiger partial charge in [-0.05, 0) is 17.7 Å². The molecule has 0 saturated carbocycles. The van der Waals surface area contributed by atoms with Gasteiger partial charge in [0.2, 0.25) is 0 Å². The van der Waals surface area contributed by atoms with Crippen LogP contribution in [-0.2, 0) is 0 Å². The Morgan fingerprint density at radius 2 is 2.00 bits per heavy atom. The number of nitrogens with one attached hydrogen (secondary N) is 1. The predicted octanol–water partition coefficient (Wildman–Crippen LogP) is 1.13. The van der Waals surface area contributed by atoms with E-state index in [2.05, 4.69) is 10.3 Å². The number of aromatic nitrogens is 1. The molecule has 1 unspecified atom stereocenters. The van der Waals surface area contributed by atoms with Crippen molar-refractivity contribution in [2.24, 2.45) is 0 Å². The monoisotopic (exact) mass is 257 g/mol. The molecule has 1 heterocycles. The molecule has 4 N–H and O–H groups in total. The molecule has 0 saturated heterocycles. The minimum Gasteiger partial charge on any atom is -0.397 e. The Kier molecular flexibility index (Phi) is 4.10. The molecule has 0 aliphatic heterocycles. The number of aliphatic hydroxyl groups excluding tert-OH is 1. The highest BCUT2D eigenvalue weighted by atomic mass is 16.3. The second-order valence-corrected chi connectivity index (χ2v) is 4.11. The summed E-state index contributed by atoms with van der Waals surface area (Å²) in [5.74, 6) is -0.338. The van der Waals surface area contributed by atoms with E-state index in [1.165, 1.54) is 6.20 Å². The molecule has 2 aromatic rings. The summed E-state index contributed by atoms with van der Waals surface area (Å²) in [7, 11) is 0. The van der Waals surface area contributed by atoms with Gasteiger partial charge < -0.3 is 16.2 Å². The summed E-state index contributed by atoms with van der Waals surface area (Å²) < 4.78 is 0. The number of carbonyl (C=O) groups excluding carboxylic acids is 1. The van der Waals surface area contributed by atoms with Crippen molar-refractivity contribution in [2.75, 3.05) is 12.3 Å². The fourth-order valence-corrected chi connectivity index (χ4v) is 1.61. The minimum atomic E-state index is -0.737. The van der Waals surface area contributed by atoms with E-state index in [0.29, 0.717) is 5.69 Å². The van der Waals surface area contributed by atoms with Gasteiger partial charge in [-0.25, -0.2) is 4.98 Å². The first-order valence-electron chi connectivity index (χ1n) is 5.89. The highest BCUT2D eigenvalue weighted by Crippen LogP contribution is 2.10. The van der Waals surface area contributed by atoms with Crippen molar-refractivity contribution < 1.29 is 9.90 Å². The van der Waals surface area contributed by atoms with E-state index >= 15 is 0 Å². The van der Waals surface area contributed by atoms with E-state index < -0.39 is 6.10 Å². The third-order valence-corrected chi connectivity index (χ3v) is 2.66. The normalized spacial score (nSPS) is 11.8. The highest BCUT2D eigenvalue weighted by Gasteiger charge is 2.11. The first-order valence-corrected chi connectivity index (χ1v) is 5.89.